The fourth-order valence-electron chi connectivity index (χ4n) is 5.74. The first-order valence-electron chi connectivity index (χ1n) is 12.9. The van der Waals surface area contributed by atoms with Gasteiger partial charge in [-0.15, -0.1) is 0 Å². The lowest BCUT2D eigenvalue weighted by Crippen LogP contribution is -1.96. The van der Waals surface area contributed by atoms with E-state index in [1.165, 1.54) is 11.1 Å². The molecule has 0 unspecified atom stereocenters. The predicted octanol–water partition coefficient (Wildman–Crippen LogP) is 7.05. The molecule has 2 aromatic carbocycles. The summed E-state index contributed by atoms with van der Waals surface area (Å²) in [7, 11) is 0. The Morgan fingerprint density at radius 2 is 0.692 bits per heavy atom. The van der Waals surface area contributed by atoms with Crippen LogP contribution in [0.25, 0.3) is 55.0 Å². The molecule has 0 spiro atoms. The Morgan fingerprint density at radius 1 is 0.385 bits per heavy atom. The lowest BCUT2D eigenvalue weighted by atomic mass is 10.0. The smallest absolute Gasteiger partial charge is 0.0572 e. The molecule has 6 heteroatoms. The van der Waals surface area contributed by atoms with Crippen molar-refractivity contribution in [1.82, 2.24) is 29.1 Å². The summed E-state index contributed by atoms with van der Waals surface area (Å²) in [5.74, 6) is 0. The molecule has 0 aliphatic carbocycles. The second kappa shape index (κ2) is 8.60. The number of nitrogens with zero attached hydrogens (tertiary/aromatic N) is 6. The zero-order chi connectivity index (χ0) is 25.8. The third-order valence-electron chi connectivity index (χ3n) is 7.53. The number of aromatic nitrogens is 6. The van der Waals surface area contributed by atoms with E-state index in [4.69, 9.17) is 0 Å². The van der Waals surface area contributed by atoms with Gasteiger partial charge in [-0.2, -0.15) is 0 Å². The Labute approximate surface area is 223 Å². The van der Waals surface area contributed by atoms with Crippen LogP contribution in [-0.4, -0.2) is 29.1 Å². The van der Waals surface area contributed by atoms with Crippen LogP contribution in [0.3, 0.4) is 0 Å². The van der Waals surface area contributed by atoms with Crippen LogP contribution >= 0.6 is 0 Å². The van der Waals surface area contributed by atoms with Crippen LogP contribution < -0.4 is 0 Å². The highest BCUT2D eigenvalue weighted by atomic mass is 15.0. The lowest BCUT2D eigenvalue weighted by Gasteiger charge is -2.10. The monoisotopic (exact) mass is 502 g/mol. The summed E-state index contributed by atoms with van der Waals surface area (Å²) in [6, 6.07) is 25.9. The Bertz CT molecular complexity index is 1870. The van der Waals surface area contributed by atoms with Crippen molar-refractivity contribution in [2.24, 2.45) is 0 Å². The van der Waals surface area contributed by atoms with Crippen molar-refractivity contribution in [3.63, 3.8) is 0 Å². The minimum absolute atomic E-state index is 0.864. The molecular formula is C33H22N6. The number of hydrogen-bond donors (Lipinski definition) is 0. The highest BCUT2D eigenvalue weighted by Gasteiger charge is 2.13. The van der Waals surface area contributed by atoms with Gasteiger partial charge in [-0.25, -0.2) is 0 Å². The highest BCUT2D eigenvalue weighted by molar-refractivity contribution is 6.09. The molecule has 0 fully saturated rings. The van der Waals surface area contributed by atoms with Gasteiger partial charge in [0.2, 0.25) is 0 Å². The summed E-state index contributed by atoms with van der Waals surface area (Å²) in [4.78, 5) is 17.3. The Morgan fingerprint density at radius 3 is 1.00 bits per heavy atom. The molecule has 184 valence electrons. The van der Waals surface area contributed by atoms with Crippen molar-refractivity contribution in [2.45, 2.75) is 6.42 Å². The van der Waals surface area contributed by atoms with Crippen molar-refractivity contribution in [2.75, 3.05) is 0 Å². The summed E-state index contributed by atoms with van der Waals surface area (Å²) in [6.07, 6.45) is 15.9. The van der Waals surface area contributed by atoms with E-state index in [1.807, 2.05) is 49.6 Å². The molecule has 0 radical (unpaired) electrons. The van der Waals surface area contributed by atoms with E-state index in [0.717, 1.165) is 61.4 Å². The largest absolute Gasteiger partial charge is 0.309 e. The first-order valence-corrected chi connectivity index (χ1v) is 12.9. The summed E-state index contributed by atoms with van der Waals surface area (Å²) < 4.78 is 4.56. The van der Waals surface area contributed by atoms with Gasteiger partial charge in [-0.1, -0.05) is 24.3 Å². The van der Waals surface area contributed by atoms with Crippen LogP contribution in [0.4, 0.5) is 0 Å². The first kappa shape index (κ1) is 21.7. The normalized spacial score (nSPS) is 11.7. The fraction of sp³-hybridized carbons (Fsp3) is 0.0303. The van der Waals surface area contributed by atoms with Gasteiger partial charge in [0.05, 0.1) is 22.1 Å². The van der Waals surface area contributed by atoms with E-state index in [-0.39, 0.29) is 0 Å². The molecule has 6 aromatic heterocycles. The van der Waals surface area contributed by atoms with Crippen LogP contribution in [0.15, 0.2) is 122 Å². The predicted molar refractivity (Wildman–Crippen MR) is 156 cm³/mol. The van der Waals surface area contributed by atoms with Crippen molar-refractivity contribution in [3.8, 4) is 11.4 Å². The molecule has 6 heterocycles. The number of hydrogen-bond acceptors (Lipinski definition) is 4. The van der Waals surface area contributed by atoms with E-state index >= 15 is 0 Å². The summed E-state index contributed by atoms with van der Waals surface area (Å²) in [6.45, 7) is 0. The van der Waals surface area contributed by atoms with Gasteiger partial charge in [0, 0.05) is 82.5 Å². The number of fused-ring (bicyclic) bond motifs is 6. The standard InChI is InChI=1S/C33H22N6/c1-5-24(38-30-9-13-34-18-26(30)27-19-35-14-10-31(27)38)6-2-22(1)17-23-3-7-25(8-4-23)39-32-11-15-36-20-28(32)29-21-37-16-12-33(29)39/h1-16,18-21H,17H2. The molecule has 0 saturated carbocycles. The molecule has 0 saturated heterocycles. The SMILES string of the molecule is c1cc2c(cn1)c1cnccc1n2-c1ccc(Cc2ccc(-n3c4ccncc4c4cnccc43)cc2)cc1. The molecule has 39 heavy (non-hydrogen) atoms. The fourth-order valence-corrected chi connectivity index (χ4v) is 5.74. The molecule has 8 aromatic rings. The van der Waals surface area contributed by atoms with Crippen molar-refractivity contribution in [1.29, 1.82) is 0 Å². The van der Waals surface area contributed by atoms with E-state index in [9.17, 15) is 0 Å². The maximum absolute atomic E-state index is 4.33. The van der Waals surface area contributed by atoms with Crippen LogP contribution in [0.2, 0.25) is 0 Å². The summed E-state index contributed by atoms with van der Waals surface area (Å²) in [5.41, 5.74) is 9.32. The summed E-state index contributed by atoms with van der Waals surface area (Å²) in [5, 5.41) is 4.45. The van der Waals surface area contributed by atoms with Crippen molar-refractivity contribution < 1.29 is 0 Å². The van der Waals surface area contributed by atoms with E-state index in [0.29, 0.717) is 0 Å². The maximum Gasteiger partial charge on any atom is 0.0572 e. The molecule has 8 rings (SSSR count). The topological polar surface area (TPSA) is 61.4 Å². The maximum atomic E-state index is 4.33. The van der Waals surface area contributed by atoms with Gasteiger partial charge in [0.1, 0.15) is 0 Å². The molecule has 0 aliphatic rings. The van der Waals surface area contributed by atoms with Gasteiger partial charge in [-0.3, -0.25) is 19.9 Å². The van der Waals surface area contributed by atoms with Gasteiger partial charge in [0.15, 0.2) is 0 Å². The molecular weight excluding hydrogens is 480 g/mol. The third-order valence-corrected chi connectivity index (χ3v) is 7.53. The molecule has 0 atom stereocenters. The first-order chi connectivity index (χ1) is 19.3. The third kappa shape index (κ3) is 3.42. The average Bonchev–Trinajstić information content (AvgIpc) is 3.51. The van der Waals surface area contributed by atoms with Crippen molar-refractivity contribution in [3.05, 3.63) is 133 Å². The Balaban J connectivity index is 1.12. The van der Waals surface area contributed by atoms with Crippen LogP contribution in [0.5, 0.6) is 0 Å². The average molecular weight is 503 g/mol. The van der Waals surface area contributed by atoms with Gasteiger partial charge in [-0.05, 0) is 66.1 Å². The van der Waals surface area contributed by atoms with E-state index in [2.05, 4.69) is 102 Å². The van der Waals surface area contributed by atoms with Gasteiger partial charge < -0.3 is 9.13 Å². The minimum atomic E-state index is 0.864. The Hall–Kier alpha value is -5.36. The summed E-state index contributed by atoms with van der Waals surface area (Å²) >= 11 is 0. The minimum Gasteiger partial charge on any atom is -0.309 e. The van der Waals surface area contributed by atoms with Gasteiger partial charge >= 0.3 is 0 Å². The zero-order valence-electron chi connectivity index (χ0n) is 20.9. The number of rotatable bonds is 4. The Kier molecular flexibility index (Phi) is 4.79. The molecule has 0 N–H and O–H groups in total. The van der Waals surface area contributed by atoms with Crippen LogP contribution in [-0.2, 0) is 6.42 Å². The van der Waals surface area contributed by atoms with E-state index in [1.54, 1.807) is 0 Å². The molecule has 0 aliphatic heterocycles. The van der Waals surface area contributed by atoms with Gasteiger partial charge in [0.25, 0.3) is 0 Å². The quantitative estimate of drug-likeness (QED) is 0.259. The zero-order valence-corrected chi connectivity index (χ0v) is 20.9. The lowest BCUT2D eigenvalue weighted by molar-refractivity contribution is 1.13. The number of benzene rings is 2. The molecule has 6 nitrogen and oxygen atoms in total. The van der Waals surface area contributed by atoms with Crippen LogP contribution in [0.1, 0.15) is 11.1 Å². The van der Waals surface area contributed by atoms with Crippen LogP contribution in [0, 0.1) is 0 Å². The van der Waals surface area contributed by atoms with E-state index < -0.39 is 0 Å². The molecule has 0 amide bonds. The second-order valence-corrected chi connectivity index (χ2v) is 9.75. The highest BCUT2D eigenvalue weighted by Crippen LogP contribution is 2.32. The van der Waals surface area contributed by atoms with Crippen molar-refractivity contribution >= 4 is 43.6 Å². The molecule has 0 bridgehead atoms. The second-order valence-electron chi connectivity index (χ2n) is 9.75. The number of pyridine rings is 4.